The third-order valence-electron chi connectivity index (χ3n) is 2.69. The first kappa shape index (κ1) is 14.1. The normalized spacial score (nSPS) is 10.3. The van der Waals surface area contributed by atoms with Crippen molar-refractivity contribution in [3.05, 3.63) is 77.1 Å². The maximum absolute atomic E-state index is 11.6. The SMILES string of the molecule is O=c1[nH]c(=O)n(Cc2ccc([N+](=O)[O-])cc2)cc1[N+](=O)[O-]. The molecule has 2 rings (SSSR count). The fraction of sp³-hybridized carbons (Fsp3) is 0.0909. The van der Waals surface area contributed by atoms with Crippen molar-refractivity contribution in [1.29, 1.82) is 0 Å². The van der Waals surface area contributed by atoms with Crippen LogP contribution in [0.4, 0.5) is 11.4 Å². The van der Waals surface area contributed by atoms with Crippen LogP contribution in [0, 0.1) is 20.2 Å². The lowest BCUT2D eigenvalue weighted by Gasteiger charge is -2.04. The molecule has 0 aliphatic heterocycles. The monoisotopic (exact) mass is 292 g/mol. The Kier molecular flexibility index (Phi) is 3.61. The molecule has 1 N–H and O–H groups in total. The Morgan fingerprint density at radius 2 is 1.67 bits per heavy atom. The second kappa shape index (κ2) is 5.36. The summed E-state index contributed by atoms with van der Waals surface area (Å²) >= 11 is 0. The van der Waals surface area contributed by atoms with E-state index in [0.717, 1.165) is 10.8 Å². The van der Waals surface area contributed by atoms with Crippen LogP contribution in [0.1, 0.15) is 5.56 Å². The van der Waals surface area contributed by atoms with Gasteiger partial charge in [0.2, 0.25) is 0 Å². The molecule has 21 heavy (non-hydrogen) atoms. The van der Waals surface area contributed by atoms with Crippen molar-refractivity contribution in [2.75, 3.05) is 0 Å². The Bertz CT molecular complexity index is 820. The summed E-state index contributed by atoms with van der Waals surface area (Å²) < 4.78 is 0.945. The number of benzene rings is 1. The van der Waals surface area contributed by atoms with Gasteiger partial charge in [-0.25, -0.2) is 4.79 Å². The van der Waals surface area contributed by atoms with Gasteiger partial charge in [-0.15, -0.1) is 0 Å². The summed E-state index contributed by atoms with van der Waals surface area (Å²) in [6.07, 6.45) is 0.836. The van der Waals surface area contributed by atoms with E-state index in [2.05, 4.69) is 0 Å². The van der Waals surface area contributed by atoms with Gasteiger partial charge in [0.25, 0.3) is 5.69 Å². The molecule has 108 valence electrons. The van der Waals surface area contributed by atoms with E-state index in [4.69, 9.17) is 0 Å². The van der Waals surface area contributed by atoms with E-state index >= 15 is 0 Å². The van der Waals surface area contributed by atoms with Crippen LogP contribution in [0.15, 0.2) is 40.1 Å². The second-order valence-corrected chi connectivity index (χ2v) is 4.08. The van der Waals surface area contributed by atoms with Crippen molar-refractivity contribution < 1.29 is 9.85 Å². The highest BCUT2D eigenvalue weighted by Crippen LogP contribution is 2.12. The van der Waals surface area contributed by atoms with Gasteiger partial charge in [-0.1, -0.05) is 12.1 Å². The lowest BCUT2D eigenvalue weighted by atomic mass is 10.2. The molecule has 0 aliphatic rings. The number of hydrogen-bond donors (Lipinski definition) is 1. The largest absolute Gasteiger partial charge is 0.350 e. The lowest BCUT2D eigenvalue weighted by Crippen LogP contribution is -2.31. The van der Waals surface area contributed by atoms with Crippen molar-refractivity contribution in [3.63, 3.8) is 0 Å². The van der Waals surface area contributed by atoms with E-state index in [1.165, 1.54) is 24.3 Å². The zero-order chi connectivity index (χ0) is 15.6. The van der Waals surface area contributed by atoms with Crippen LogP contribution in [0.25, 0.3) is 0 Å². The van der Waals surface area contributed by atoms with Crippen molar-refractivity contribution >= 4 is 11.4 Å². The molecule has 0 bridgehead atoms. The topological polar surface area (TPSA) is 141 Å². The minimum absolute atomic E-state index is 0.0611. The summed E-state index contributed by atoms with van der Waals surface area (Å²) in [5.74, 6) is 0. The van der Waals surface area contributed by atoms with Crippen molar-refractivity contribution in [2.24, 2.45) is 0 Å². The van der Waals surface area contributed by atoms with E-state index < -0.39 is 26.8 Å². The van der Waals surface area contributed by atoms with E-state index in [1.807, 2.05) is 4.98 Å². The van der Waals surface area contributed by atoms with Gasteiger partial charge in [-0.2, -0.15) is 0 Å². The van der Waals surface area contributed by atoms with Crippen LogP contribution in [0.3, 0.4) is 0 Å². The number of non-ortho nitro benzene ring substituents is 1. The molecule has 10 heteroatoms. The number of nitro benzene ring substituents is 1. The molecule has 0 fully saturated rings. The summed E-state index contributed by atoms with van der Waals surface area (Å²) in [5, 5.41) is 21.2. The molecular formula is C11H8N4O6. The number of rotatable bonds is 4. The maximum Gasteiger partial charge on any atom is 0.350 e. The van der Waals surface area contributed by atoms with Crippen molar-refractivity contribution in [2.45, 2.75) is 6.54 Å². The van der Waals surface area contributed by atoms with Gasteiger partial charge in [0, 0.05) is 12.1 Å². The van der Waals surface area contributed by atoms with Gasteiger partial charge in [-0.05, 0) is 5.56 Å². The third-order valence-corrected chi connectivity index (χ3v) is 2.69. The van der Waals surface area contributed by atoms with E-state index in [-0.39, 0.29) is 12.2 Å². The molecule has 0 aliphatic carbocycles. The third kappa shape index (κ3) is 3.00. The predicted molar refractivity (Wildman–Crippen MR) is 70.2 cm³/mol. The fourth-order valence-electron chi connectivity index (χ4n) is 1.67. The molecule has 10 nitrogen and oxygen atoms in total. The Hall–Kier alpha value is -3.30. The number of H-pyrrole nitrogens is 1. The Labute approximate surface area is 115 Å². The average Bonchev–Trinajstić information content (AvgIpc) is 2.42. The van der Waals surface area contributed by atoms with Crippen LogP contribution in [-0.4, -0.2) is 19.4 Å². The highest BCUT2D eigenvalue weighted by Gasteiger charge is 2.15. The molecule has 0 atom stereocenters. The molecule has 1 aromatic heterocycles. The van der Waals surface area contributed by atoms with Gasteiger partial charge in [0.1, 0.15) is 0 Å². The summed E-state index contributed by atoms with van der Waals surface area (Å²) in [5.41, 5.74) is -2.23. The predicted octanol–water partition coefficient (Wildman–Crippen LogP) is 0.401. The molecule has 0 spiro atoms. The molecule has 1 heterocycles. The quantitative estimate of drug-likeness (QED) is 0.638. The summed E-state index contributed by atoms with van der Waals surface area (Å²) in [6.45, 7) is -0.0611. The zero-order valence-corrected chi connectivity index (χ0v) is 10.4. The number of aromatic nitrogens is 2. The minimum atomic E-state index is -1.08. The maximum atomic E-state index is 11.6. The summed E-state index contributed by atoms with van der Waals surface area (Å²) in [7, 11) is 0. The van der Waals surface area contributed by atoms with E-state index in [9.17, 15) is 29.8 Å². The molecule has 1 aromatic carbocycles. The Morgan fingerprint density at radius 3 is 2.19 bits per heavy atom. The number of nitro groups is 2. The average molecular weight is 292 g/mol. The van der Waals surface area contributed by atoms with E-state index in [1.54, 1.807) is 0 Å². The van der Waals surface area contributed by atoms with E-state index in [0.29, 0.717) is 5.56 Å². The van der Waals surface area contributed by atoms with Gasteiger partial charge in [-0.3, -0.25) is 34.6 Å². The van der Waals surface area contributed by atoms with Crippen LogP contribution < -0.4 is 11.2 Å². The number of nitrogens with one attached hydrogen (secondary N) is 1. The highest BCUT2D eigenvalue weighted by atomic mass is 16.6. The standard InChI is InChI=1S/C11H8N4O6/c16-10-9(15(20)21)6-13(11(17)12-10)5-7-1-3-8(4-2-7)14(18)19/h1-4,6H,5H2,(H,12,16,17). The van der Waals surface area contributed by atoms with Crippen LogP contribution in [0.2, 0.25) is 0 Å². The lowest BCUT2D eigenvalue weighted by molar-refractivity contribution is -0.386. The van der Waals surface area contributed by atoms with Crippen molar-refractivity contribution in [1.82, 2.24) is 9.55 Å². The molecule has 0 saturated carbocycles. The molecular weight excluding hydrogens is 284 g/mol. The number of hydrogen-bond acceptors (Lipinski definition) is 6. The summed E-state index contributed by atoms with van der Waals surface area (Å²) in [4.78, 5) is 44.3. The summed E-state index contributed by atoms with van der Waals surface area (Å²) in [6, 6.07) is 5.34. The number of aromatic amines is 1. The van der Waals surface area contributed by atoms with Crippen molar-refractivity contribution in [3.8, 4) is 0 Å². The van der Waals surface area contributed by atoms with Crippen LogP contribution in [-0.2, 0) is 6.54 Å². The first-order valence-corrected chi connectivity index (χ1v) is 5.60. The Balaban J connectivity index is 2.37. The first-order valence-electron chi connectivity index (χ1n) is 5.60. The number of nitrogens with zero attached hydrogens (tertiary/aromatic N) is 3. The zero-order valence-electron chi connectivity index (χ0n) is 10.4. The smallest absolute Gasteiger partial charge is 0.289 e. The van der Waals surface area contributed by atoms with Crippen LogP contribution in [0.5, 0.6) is 0 Å². The van der Waals surface area contributed by atoms with Gasteiger partial charge < -0.3 is 0 Å². The second-order valence-electron chi connectivity index (χ2n) is 4.08. The fourth-order valence-corrected chi connectivity index (χ4v) is 1.67. The molecule has 0 radical (unpaired) electrons. The highest BCUT2D eigenvalue weighted by molar-refractivity contribution is 5.33. The molecule has 0 saturated heterocycles. The van der Waals surface area contributed by atoms with Gasteiger partial charge >= 0.3 is 16.9 Å². The van der Waals surface area contributed by atoms with Gasteiger partial charge in [0.15, 0.2) is 0 Å². The van der Waals surface area contributed by atoms with Gasteiger partial charge in [0.05, 0.1) is 22.6 Å². The molecule has 0 unspecified atom stereocenters. The minimum Gasteiger partial charge on any atom is -0.289 e. The van der Waals surface area contributed by atoms with Crippen LogP contribution >= 0.6 is 0 Å². The molecule has 2 aromatic rings. The first-order chi connectivity index (χ1) is 9.88. The molecule has 0 amide bonds. The Morgan fingerprint density at radius 1 is 1.05 bits per heavy atom.